The lowest BCUT2D eigenvalue weighted by Crippen LogP contribution is -2.60. The summed E-state index contributed by atoms with van der Waals surface area (Å²) >= 11 is 0. The van der Waals surface area contributed by atoms with Crippen LogP contribution >= 0.6 is 0 Å². The Labute approximate surface area is 255 Å². The number of phenolic OH excluding ortho intramolecular Hbond substituents is 1. The van der Waals surface area contributed by atoms with Gasteiger partial charge in [-0.1, -0.05) is 25.1 Å². The second-order valence-electron chi connectivity index (χ2n) is 13.3. The summed E-state index contributed by atoms with van der Waals surface area (Å²) in [6, 6.07) is 10.1. The van der Waals surface area contributed by atoms with Gasteiger partial charge >= 0.3 is 6.01 Å². The summed E-state index contributed by atoms with van der Waals surface area (Å²) in [6.07, 6.45) is 7.44. The number of halogens is 1. The Morgan fingerprint density at radius 1 is 1.11 bits per heavy atom. The lowest BCUT2D eigenvalue weighted by Gasteiger charge is -2.40. The minimum absolute atomic E-state index is 0.0103. The summed E-state index contributed by atoms with van der Waals surface area (Å²) in [6.45, 7) is 5.93. The first-order chi connectivity index (χ1) is 21.5. The van der Waals surface area contributed by atoms with E-state index < -0.39 is 5.82 Å². The minimum atomic E-state index is -0.559. The second kappa shape index (κ2) is 9.87. The number of aryl methyl sites for hydroxylation is 1. The highest BCUT2D eigenvalue weighted by Crippen LogP contribution is 2.45. The summed E-state index contributed by atoms with van der Waals surface area (Å²) < 4.78 is 29.9. The molecule has 10 heteroatoms. The zero-order valence-electron chi connectivity index (χ0n) is 25.0. The number of aromatic nitrogens is 3. The molecule has 4 fully saturated rings. The van der Waals surface area contributed by atoms with Crippen molar-refractivity contribution in [1.29, 1.82) is 0 Å². The first-order valence-corrected chi connectivity index (χ1v) is 16.2. The van der Waals surface area contributed by atoms with Gasteiger partial charge < -0.3 is 24.8 Å². The van der Waals surface area contributed by atoms with Crippen LogP contribution in [0.3, 0.4) is 0 Å². The molecule has 2 bridgehead atoms. The zero-order valence-corrected chi connectivity index (χ0v) is 25.0. The molecule has 2 aromatic carbocycles. The number of fused-ring (bicyclic) bond motifs is 7. The van der Waals surface area contributed by atoms with Crippen LogP contribution in [0, 0.1) is 5.82 Å². The molecule has 0 amide bonds. The average Bonchev–Trinajstić information content (AvgIpc) is 3.71. The third-order valence-corrected chi connectivity index (χ3v) is 10.9. The summed E-state index contributed by atoms with van der Waals surface area (Å²) in [7, 11) is 0. The average molecular weight is 597 g/mol. The number of pyridine rings is 1. The van der Waals surface area contributed by atoms with Gasteiger partial charge in [-0.3, -0.25) is 4.90 Å². The summed E-state index contributed by atoms with van der Waals surface area (Å²) in [5.41, 5.74) is 1.84. The topological polar surface area (TPSA) is 95.9 Å². The molecule has 4 saturated heterocycles. The standard InChI is InChI=1S/C34H37FN6O3/c1-2-19-6-3-7-20-14-22(42)15-23(26(19)20)29-28(35)30-27-31(39-33(38-30)44-18-34-10-4-12-40(34)13-5-11-34)41-16-21-8-9-24(36-21)25(41)17-43-32(27)37-29/h3,6-7,14-15,21,24-25,36,42H,2,4-5,8-13,16-18H2,1H3. The molecule has 2 N–H and O–H groups in total. The molecule has 228 valence electrons. The molecular weight excluding hydrogens is 559 g/mol. The Morgan fingerprint density at radius 3 is 2.82 bits per heavy atom. The maximum atomic E-state index is 17.0. The number of nitrogens with one attached hydrogen (secondary N) is 1. The van der Waals surface area contributed by atoms with Crippen LogP contribution in [0.15, 0.2) is 30.3 Å². The molecule has 0 radical (unpaired) electrons. The Bertz CT molecular complexity index is 1810. The molecule has 9 rings (SSSR count). The van der Waals surface area contributed by atoms with E-state index in [1.54, 1.807) is 12.1 Å². The highest BCUT2D eigenvalue weighted by molar-refractivity contribution is 6.03. The van der Waals surface area contributed by atoms with E-state index in [0.29, 0.717) is 41.9 Å². The van der Waals surface area contributed by atoms with Crippen molar-refractivity contribution in [3.05, 3.63) is 41.7 Å². The van der Waals surface area contributed by atoms with E-state index >= 15 is 4.39 Å². The maximum Gasteiger partial charge on any atom is 0.319 e. The van der Waals surface area contributed by atoms with Gasteiger partial charge in [0.15, 0.2) is 5.82 Å². The van der Waals surface area contributed by atoms with E-state index in [1.807, 2.05) is 18.2 Å². The molecule has 5 aliphatic heterocycles. The fourth-order valence-electron chi connectivity index (χ4n) is 8.79. The highest BCUT2D eigenvalue weighted by atomic mass is 19.1. The van der Waals surface area contributed by atoms with Crippen molar-refractivity contribution in [3.63, 3.8) is 0 Å². The van der Waals surface area contributed by atoms with E-state index in [4.69, 9.17) is 24.4 Å². The molecule has 0 saturated carbocycles. The van der Waals surface area contributed by atoms with Gasteiger partial charge in [-0.2, -0.15) is 9.97 Å². The molecule has 0 aliphatic carbocycles. The fourth-order valence-corrected chi connectivity index (χ4v) is 8.79. The molecule has 0 spiro atoms. The van der Waals surface area contributed by atoms with Gasteiger partial charge in [0.1, 0.15) is 41.4 Å². The van der Waals surface area contributed by atoms with Crippen LogP contribution in [0.4, 0.5) is 10.2 Å². The third-order valence-electron chi connectivity index (χ3n) is 10.9. The van der Waals surface area contributed by atoms with Gasteiger partial charge in [0, 0.05) is 24.2 Å². The van der Waals surface area contributed by atoms with Crippen molar-refractivity contribution < 1.29 is 19.0 Å². The SMILES string of the molecule is CCc1cccc2cc(O)cc(-c3nc4c5c(nc(OCC67CCCN6CCC7)nc5c3F)N3CC5CCC(N5)C3CO4)c12. The van der Waals surface area contributed by atoms with Gasteiger partial charge in [-0.25, -0.2) is 9.37 Å². The van der Waals surface area contributed by atoms with Crippen molar-refractivity contribution in [2.45, 2.75) is 75.5 Å². The zero-order chi connectivity index (χ0) is 29.6. The van der Waals surface area contributed by atoms with E-state index in [-0.39, 0.29) is 40.6 Å². The molecule has 2 aromatic heterocycles. The number of phenols is 1. The summed E-state index contributed by atoms with van der Waals surface area (Å²) in [5, 5.41) is 16.6. The molecule has 4 aromatic rings. The highest BCUT2D eigenvalue weighted by Gasteiger charge is 2.46. The molecule has 3 unspecified atom stereocenters. The Balaban J connectivity index is 1.24. The van der Waals surface area contributed by atoms with Gasteiger partial charge in [-0.15, -0.1) is 0 Å². The minimum Gasteiger partial charge on any atom is -0.508 e. The lowest BCUT2D eigenvalue weighted by molar-refractivity contribution is 0.108. The number of ether oxygens (including phenoxy) is 2. The predicted octanol–water partition coefficient (Wildman–Crippen LogP) is 4.96. The van der Waals surface area contributed by atoms with Crippen LogP contribution in [0.25, 0.3) is 32.9 Å². The molecule has 7 heterocycles. The van der Waals surface area contributed by atoms with E-state index in [1.165, 1.54) is 12.8 Å². The van der Waals surface area contributed by atoms with Gasteiger partial charge in [0.25, 0.3) is 0 Å². The van der Waals surface area contributed by atoms with E-state index in [0.717, 1.165) is 68.1 Å². The van der Waals surface area contributed by atoms with Crippen LogP contribution in [0.5, 0.6) is 17.6 Å². The lowest BCUT2D eigenvalue weighted by atomic mass is 9.95. The normalized spacial score (nSPS) is 25.2. The maximum absolute atomic E-state index is 17.0. The Morgan fingerprint density at radius 2 is 1.98 bits per heavy atom. The quantitative estimate of drug-likeness (QED) is 0.331. The second-order valence-corrected chi connectivity index (χ2v) is 13.3. The van der Waals surface area contributed by atoms with Gasteiger partial charge in [0.05, 0.1) is 11.6 Å². The largest absolute Gasteiger partial charge is 0.508 e. The summed E-state index contributed by atoms with van der Waals surface area (Å²) in [5.74, 6) is 0.459. The number of hydrogen-bond donors (Lipinski definition) is 2. The predicted molar refractivity (Wildman–Crippen MR) is 166 cm³/mol. The number of hydrogen-bond acceptors (Lipinski definition) is 9. The van der Waals surface area contributed by atoms with Crippen molar-refractivity contribution in [1.82, 2.24) is 25.2 Å². The van der Waals surface area contributed by atoms with Crippen LogP contribution in [-0.2, 0) is 6.42 Å². The van der Waals surface area contributed by atoms with Crippen LogP contribution < -0.4 is 19.7 Å². The first-order valence-electron chi connectivity index (χ1n) is 16.2. The molecule has 5 aliphatic rings. The number of benzene rings is 2. The van der Waals surface area contributed by atoms with Gasteiger partial charge in [0.2, 0.25) is 5.88 Å². The number of piperazine rings is 1. The Kier molecular flexibility index (Phi) is 5.97. The smallest absolute Gasteiger partial charge is 0.319 e. The number of aromatic hydroxyl groups is 1. The van der Waals surface area contributed by atoms with Crippen molar-refractivity contribution >= 4 is 27.5 Å². The van der Waals surface area contributed by atoms with Crippen LogP contribution in [0.2, 0.25) is 0 Å². The number of nitrogens with zero attached hydrogens (tertiary/aromatic N) is 5. The first kappa shape index (κ1) is 26.6. The van der Waals surface area contributed by atoms with Crippen molar-refractivity contribution in [2.75, 3.05) is 37.7 Å². The van der Waals surface area contributed by atoms with Crippen molar-refractivity contribution in [3.8, 4) is 28.9 Å². The van der Waals surface area contributed by atoms with Crippen LogP contribution in [-0.4, -0.2) is 81.5 Å². The fraction of sp³-hybridized carbons (Fsp3) is 0.500. The Hall–Kier alpha value is -3.76. The van der Waals surface area contributed by atoms with E-state index in [2.05, 4.69) is 22.0 Å². The third kappa shape index (κ3) is 3.92. The number of anilines is 1. The molecule has 3 atom stereocenters. The summed E-state index contributed by atoms with van der Waals surface area (Å²) in [4.78, 5) is 19.4. The molecule has 44 heavy (non-hydrogen) atoms. The van der Waals surface area contributed by atoms with Crippen LogP contribution in [0.1, 0.15) is 51.0 Å². The monoisotopic (exact) mass is 596 g/mol. The van der Waals surface area contributed by atoms with Gasteiger partial charge in [-0.05, 0) is 86.5 Å². The van der Waals surface area contributed by atoms with Crippen molar-refractivity contribution in [2.24, 2.45) is 0 Å². The number of rotatable bonds is 5. The molecular formula is C34H37FN6O3. The van der Waals surface area contributed by atoms with E-state index in [9.17, 15) is 5.11 Å². The molecule has 9 nitrogen and oxygen atoms in total.